The predicted octanol–water partition coefficient (Wildman–Crippen LogP) is 4.27. The fraction of sp³-hybridized carbons (Fsp3) is 0.382. The van der Waals surface area contributed by atoms with Crippen molar-refractivity contribution in [3.05, 3.63) is 95.6 Å². The molecule has 3 aromatic carbocycles. The Morgan fingerprint density at radius 2 is 1.47 bits per heavy atom. The smallest absolute Gasteiger partial charge is 0.326 e. The maximum Gasteiger partial charge on any atom is 0.326 e. The Morgan fingerprint density at radius 3 is 2.05 bits per heavy atom. The van der Waals surface area contributed by atoms with Crippen LogP contribution in [0, 0.1) is 17.8 Å². The molecule has 0 aromatic heterocycles. The Morgan fingerprint density at radius 1 is 0.884 bits per heavy atom. The number of nitrogens with one attached hydrogen (secondary N) is 1. The van der Waals surface area contributed by atoms with E-state index in [1.165, 1.54) is 0 Å². The molecule has 4 aliphatic rings. The van der Waals surface area contributed by atoms with E-state index in [1.54, 1.807) is 19.1 Å². The lowest BCUT2D eigenvalue weighted by Crippen LogP contribution is -2.68. The van der Waals surface area contributed by atoms with Crippen molar-refractivity contribution in [2.45, 2.75) is 43.2 Å². The molecule has 1 aliphatic carbocycles. The van der Waals surface area contributed by atoms with Crippen LogP contribution in [-0.4, -0.2) is 61.3 Å². The average Bonchev–Trinajstić information content (AvgIpc) is 3.48. The second-order valence-electron chi connectivity index (χ2n) is 11.9. The number of urea groups is 1. The number of hydrogen-bond acceptors (Lipinski definition) is 7. The molecule has 222 valence electrons. The number of ether oxygens (including phenoxy) is 4. The van der Waals surface area contributed by atoms with Crippen molar-refractivity contribution in [3.8, 4) is 11.5 Å². The van der Waals surface area contributed by atoms with E-state index in [4.69, 9.17) is 18.9 Å². The lowest BCUT2D eigenvalue weighted by atomic mass is 9.77. The van der Waals surface area contributed by atoms with E-state index in [9.17, 15) is 14.4 Å². The first kappa shape index (κ1) is 27.6. The number of rotatable bonds is 8. The third-order valence-corrected chi connectivity index (χ3v) is 9.83. The van der Waals surface area contributed by atoms with Gasteiger partial charge in [0.15, 0.2) is 11.4 Å². The zero-order valence-electron chi connectivity index (χ0n) is 24.3. The maximum absolute atomic E-state index is 14.1. The molecular weight excluding hydrogens is 548 g/mol. The second kappa shape index (κ2) is 10.2. The summed E-state index contributed by atoms with van der Waals surface area (Å²) in [5.74, 6) is 0.285. The highest BCUT2D eigenvalue weighted by Crippen LogP contribution is 2.57. The van der Waals surface area contributed by atoms with Gasteiger partial charge in [0, 0.05) is 6.04 Å². The monoisotopic (exact) mass is 582 g/mol. The van der Waals surface area contributed by atoms with Gasteiger partial charge in [0.1, 0.15) is 23.3 Å². The summed E-state index contributed by atoms with van der Waals surface area (Å²) in [6.45, 7) is 1.81. The standard InChI is InChI=1S/C34H34N2O7/c1-20-27-17-21-18-33(29(37)28(21)31(43-33)36(27)32(39)35-30(20)38)19-42-34(22-7-5-4-6-8-22,23-9-13-25(40-2)14-10-23)24-11-15-26(41-3)16-12-24/h4-16,20-21,27-28,31H,17-19H2,1-3H3,(H,35,38,39)/t20-,21-,27-,28-,31+,33-/m0/s1. The second-order valence-corrected chi connectivity index (χ2v) is 11.9. The van der Waals surface area contributed by atoms with Crippen LogP contribution >= 0.6 is 0 Å². The highest BCUT2D eigenvalue weighted by atomic mass is 16.6. The Kier molecular flexibility index (Phi) is 6.55. The van der Waals surface area contributed by atoms with E-state index in [0.29, 0.717) is 24.3 Å². The largest absolute Gasteiger partial charge is 0.497 e. The molecule has 3 amide bonds. The molecule has 0 radical (unpaired) electrons. The summed E-state index contributed by atoms with van der Waals surface area (Å²) in [5.41, 5.74) is 0.257. The van der Waals surface area contributed by atoms with Crippen LogP contribution in [0.15, 0.2) is 78.9 Å². The van der Waals surface area contributed by atoms with Crippen molar-refractivity contribution in [3.63, 3.8) is 0 Å². The van der Waals surface area contributed by atoms with Crippen LogP contribution in [0.2, 0.25) is 0 Å². The minimum Gasteiger partial charge on any atom is -0.497 e. The Labute approximate surface area is 250 Å². The molecule has 1 saturated carbocycles. The first-order valence-electron chi connectivity index (χ1n) is 14.6. The summed E-state index contributed by atoms with van der Waals surface area (Å²) < 4.78 is 24.5. The number of piperidine rings is 1. The van der Waals surface area contributed by atoms with Gasteiger partial charge in [0.25, 0.3) is 0 Å². The lowest BCUT2D eigenvalue weighted by Gasteiger charge is -2.51. The number of methoxy groups -OCH3 is 2. The molecule has 7 rings (SSSR count). The number of carbonyl (C=O) groups excluding carboxylic acids is 3. The first-order valence-corrected chi connectivity index (χ1v) is 14.6. The number of Topliss-reactive ketones (excluding diaryl/α,β-unsaturated/α-hetero) is 1. The van der Waals surface area contributed by atoms with Crippen molar-refractivity contribution < 1.29 is 33.3 Å². The third kappa shape index (κ3) is 4.09. The van der Waals surface area contributed by atoms with Gasteiger partial charge in [0.2, 0.25) is 5.91 Å². The Balaban J connectivity index is 1.30. The topological polar surface area (TPSA) is 103 Å². The normalized spacial score (nSPS) is 29.3. The highest BCUT2D eigenvalue weighted by molar-refractivity contribution is 6.00. The van der Waals surface area contributed by atoms with Crippen LogP contribution in [0.1, 0.15) is 36.5 Å². The van der Waals surface area contributed by atoms with Crippen LogP contribution in [0.25, 0.3) is 0 Å². The fourth-order valence-corrected chi connectivity index (χ4v) is 7.65. The van der Waals surface area contributed by atoms with Crippen molar-refractivity contribution >= 4 is 17.7 Å². The number of hydrogen-bond donors (Lipinski definition) is 1. The van der Waals surface area contributed by atoms with Gasteiger partial charge in [-0.2, -0.15) is 0 Å². The summed E-state index contributed by atoms with van der Waals surface area (Å²) >= 11 is 0. The Bertz CT molecular complexity index is 1510. The van der Waals surface area contributed by atoms with Crippen LogP contribution in [0.3, 0.4) is 0 Å². The number of ketones is 1. The van der Waals surface area contributed by atoms with Crippen LogP contribution < -0.4 is 14.8 Å². The Hall–Kier alpha value is -4.21. The van der Waals surface area contributed by atoms with Gasteiger partial charge in [-0.05, 0) is 59.7 Å². The minimum absolute atomic E-state index is 0.00495. The summed E-state index contributed by atoms with van der Waals surface area (Å²) in [6, 6.07) is 24.6. The van der Waals surface area contributed by atoms with Crippen molar-refractivity contribution in [2.75, 3.05) is 20.8 Å². The van der Waals surface area contributed by atoms with Gasteiger partial charge >= 0.3 is 6.03 Å². The molecule has 3 saturated heterocycles. The van der Waals surface area contributed by atoms with Crippen LogP contribution in [0.4, 0.5) is 4.79 Å². The zero-order chi connectivity index (χ0) is 29.9. The van der Waals surface area contributed by atoms with E-state index in [1.807, 2.05) is 85.8 Å². The maximum atomic E-state index is 14.1. The molecule has 0 spiro atoms. The van der Waals surface area contributed by atoms with Crippen LogP contribution in [0.5, 0.6) is 11.5 Å². The van der Waals surface area contributed by atoms with Gasteiger partial charge in [-0.1, -0.05) is 61.5 Å². The fourth-order valence-electron chi connectivity index (χ4n) is 7.65. The number of fused-ring (bicyclic) bond motifs is 3. The molecule has 6 atom stereocenters. The molecule has 9 nitrogen and oxygen atoms in total. The van der Waals surface area contributed by atoms with E-state index >= 15 is 0 Å². The van der Waals surface area contributed by atoms with Crippen LogP contribution in [-0.2, 0) is 24.7 Å². The van der Waals surface area contributed by atoms with Gasteiger partial charge in [0.05, 0.1) is 32.7 Å². The minimum atomic E-state index is -1.21. The van der Waals surface area contributed by atoms with Gasteiger partial charge in [-0.15, -0.1) is 0 Å². The molecule has 43 heavy (non-hydrogen) atoms. The van der Waals surface area contributed by atoms with E-state index in [0.717, 1.165) is 16.7 Å². The first-order chi connectivity index (χ1) is 20.8. The molecule has 4 fully saturated rings. The number of nitrogens with zero attached hydrogens (tertiary/aromatic N) is 1. The summed E-state index contributed by atoms with van der Waals surface area (Å²) in [4.78, 5) is 41.0. The summed E-state index contributed by atoms with van der Waals surface area (Å²) in [7, 11) is 3.25. The quantitative estimate of drug-likeness (QED) is 0.396. The molecule has 9 heteroatoms. The lowest BCUT2D eigenvalue weighted by molar-refractivity contribution is -0.205. The van der Waals surface area contributed by atoms with E-state index in [-0.39, 0.29) is 36.2 Å². The molecule has 3 aliphatic heterocycles. The number of benzene rings is 3. The molecule has 1 N–H and O–H groups in total. The zero-order valence-corrected chi connectivity index (χ0v) is 24.3. The number of amides is 3. The van der Waals surface area contributed by atoms with Crippen molar-refractivity contribution in [1.82, 2.24) is 10.2 Å². The third-order valence-electron chi connectivity index (χ3n) is 9.83. The van der Waals surface area contributed by atoms with Gasteiger partial charge < -0.3 is 18.9 Å². The van der Waals surface area contributed by atoms with Gasteiger partial charge in [-0.25, -0.2) is 4.79 Å². The predicted molar refractivity (Wildman–Crippen MR) is 155 cm³/mol. The summed E-state index contributed by atoms with van der Waals surface area (Å²) in [6.07, 6.45) is 0.340. The molecule has 2 bridgehead atoms. The SMILES string of the molecule is COc1ccc(C(OC[C@]23C[C@@H]4C[C@H]5[C@H](C)C(=O)NC(=O)N5[C@H](O2)[C@@H]4C3=O)(c2ccccc2)c2ccc(OC)cc2)cc1. The number of carbonyl (C=O) groups is 3. The molecule has 3 aromatic rings. The van der Waals surface area contributed by atoms with Crippen molar-refractivity contribution in [1.29, 1.82) is 0 Å². The molecule has 0 unspecified atom stereocenters. The van der Waals surface area contributed by atoms with E-state index < -0.39 is 29.4 Å². The van der Waals surface area contributed by atoms with E-state index in [2.05, 4.69) is 5.32 Å². The van der Waals surface area contributed by atoms with Gasteiger partial charge in [-0.3, -0.25) is 19.8 Å². The molecular formula is C34H34N2O7. The average molecular weight is 583 g/mol. The highest BCUT2D eigenvalue weighted by Gasteiger charge is 2.70. The van der Waals surface area contributed by atoms with Crippen molar-refractivity contribution in [2.24, 2.45) is 17.8 Å². The summed E-state index contributed by atoms with van der Waals surface area (Å²) in [5, 5.41) is 2.44. The molecule has 3 heterocycles. The number of imide groups is 1.